The van der Waals surface area contributed by atoms with Crippen molar-refractivity contribution in [1.29, 1.82) is 0 Å². The molecule has 94 valence electrons. The molecule has 1 heterocycles. The molecule has 0 amide bonds. The third kappa shape index (κ3) is 2.62. The topological polar surface area (TPSA) is 17.1 Å². The molecular weight excluding hydrogens is 271 g/mol. The van der Waals surface area contributed by atoms with Gasteiger partial charge in [0.1, 0.15) is 5.82 Å². The number of hydrogen-bond acceptors (Lipinski definition) is 2. The van der Waals surface area contributed by atoms with E-state index in [0.29, 0.717) is 9.90 Å². The molecule has 0 aliphatic heterocycles. The second kappa shape index (κ2) is 5.63. The SMILES string of the molecule is CCc1ccsc1C(=O)Cc1c(F)cccc1Cl. The summed E-state index contributed by atoms with van der Waals surface area (Å²) in [6, 6.07) is 6.39. The smallest absolute Gasteiger partial charge is 0.177 e. The molecule has 0 fully saturated rings. The lowest BCUT2D eigenvalue weighted by Crippen LogP contribution is -2.06. The van der Waals surface area contributed by atoms with E-state index in [-0.39, 0.29) is 17.8 Å². The number of halogens is 2. The Labute approximate surface area is 114 Å². The van der Waals surface area contributed by atoms with Crippen molar-refractivity contribution in [2.45, 2.75) is 19.8 Å². The predicted octanol–water partition coefficient (Wildman–Crippen LogP) is 4.53. The normalized spacial score (nSPS) is 10.6. The summed E-state index contributed by atoms with van der Waals surface area (Å²) in [7, 11) is 0. The fraction of sp³-hybridized carbons (Fsp3) is 0.214. The van der Waals surface area contributed by atoms with Crippen molar-refractivity contribution in [3.05, 3.63) is 56.5 Å². The maximum Gasteiger partial charge on any atom is 0.177 e. The number of rotatable bonds is 4. The van der Waals surface area contributed by atoms with Crippen LogP contribution >= 0.6 is 22.9 Å². The summed E-state index contributed by atoms with van der Waals surface area (Å²) in [5.74, 6) is -0.501. The van der Waals surface area contributed by atoms with Crippen molar-refractivity contribution in [1.82, 2.24) is 0 Å². The van der Waals surface area contributed by atoms with Gasteiger partial charge in [0.15, 0.2) is 5.78 Å². The van der Waals surface area contributed by atoms with E-state index in [1.807, 2.05) is 18.4 Å². The Morgan fingerprint density at radius 1 is 1.39 bits per heavy atom. The highest BCUT2D eigenvalue weighted by Gasteiger charge is 2.16. The minimum Gasteiger partial charge on any atom is -0.293 e. The average Bonchev–Trinajstić information content (AvgIpc) is 2.82. The van der Waals surface area contributed by atoms with Crippen molar-refractivity contribution in [2.75, 3.05) is 0 Å². The maximum absolute atomic E-state index is 13.6. The number of thiophene rings is 1. The van der Waals surface area contributed by atoms with Crippen LogP contribution in [0.1, 0.15) is 27.7 Å². The minimum absolute atomic E-state index is 0.0129. The Morgan fingerprint density at radius 3 is 2.83 bits per heavy atom. The summed E-state index contributed by atoms with van der Waals surface area (Å²) >= 11 is 7.32. The molecule has 0 spiro atoms. The zero-order valence-electron chi connectivity index (χ0n) is 9.87. The zero-order chi connectivity index (χ0) is 13.1. The number of ketones is 1. The lowest BCUT2D eigenvalue weighted by atomic mass is 10.0. The fourth-order valence-electron chi connectivity index (χ4n) is 1.80. The molecule has 0 saturated heterocycles. The first-order chi connectivity index (χ1) is 8.63. The number of carbonyl (C=O) groups is 1. The van der Waals surface area contributed by atoms with E-state index in [1.54, 1.807) is 6.07 Å². The molecule has 2 rings (SSSR count). The lowest BCUT2D eigenvalue weighted by molar-refractivity contribution is 0.0995. The molecule has 4 heteroatoms. The molecule has 18 heavy (non-hydrogen) atoms. The quantitative estimate of drug-likeness (QED) is 0.753. The van der Waals surface area contributed by atoms with Crippen LogP contribution in [0.5, 0.6) is 0 Å². The highest BCUT2D eigenvalue weighted by molar-refractivity contribution is 7.12. The van der Waals surface area contributed by atoms with Crippen molar-refractivity contribution in [2.24, 2.45) is 0 Å². The van der Waals surface area contributed by atoms with E-state index < -0.39 is 5.82 Å². The third-order valence-electron chi connectivity index (χ3n) is 2.78. The largest absolute Gasteiger partial charge is 0.293 e. The first-order valence-corrected chi connectivity index (χ1v) is 6.91. The number of Topliss-reactive ketones (excluding diaryl/α,β-unsaturated/α-hetero) is 1. The van der Waals surface area contributed by atoms with Gasteiger partial charge in [0.05, 0.1) is 4.88 Å². The van der Waals surface area contributed by atoms with Gasteiger partial charge in [-0.15, -0.1) is 11.3 Å². The van der Waals surface area contributed by atoms with Crippen molar-refractivity contribution in [3.63, 3.8) is 0 Å². The molecule has 0 bridgehead atoms. The molecule has 2 aromatic rings. The van der Waals surface area contributed by atoms with Crippen LogP contribution < -0.4 is 0 Å². The molecule has 0 aliphatic rings. The van der Waals surface area contributed by atoms with Crippen LogP contribution in [-0.4, -0.2) is 5.78 Å². The van der Waals surface area contributed by atoms with Gasteiger partial charge in [0.2, 0.25) is 0 Å². The fourth-order valence-corrected chi connectivity index (χ4v) is 2.97. The summed E-state index contributed by atoms with van der Waals surface area (Å²) in [4.78, 5) is 12.8. The van der Waals surface area contributed by atoms with Crippen LogP contribution in [0.4, 0.5) is 4.39 Å². The molecule has 1 aromatic heterocycles. The van der Waals surface area contributed by atoms with Crippen LogP contribution in [0, 0.1) is 5.82 Å². The zero-order valence-corrected chi connectivity index (χ0v) is 11.4. The van der Waals surface area contributed by atoms with Crippen molar-refractivity contribution < 1.29 is 9.18 Å². The molecular formula is C14H12ClFOS. The lowest BCUT2D eigenvalue weighted by Gasteiger charge is -2.05. The van der Waals surface area contributed by atoms with E-state index in [9.17, 15) is 9.18 Å². The molecule has 1 nitrogen and oxygen atoms in total. The summed E-state index contributed by atoms with van der Waals surface area (Å²) in [6.07, 6.45) is 0.814. The molecule has 0 N–H and O–H groups in total. The Kier molecular flexibility index (Phi) is 4.15. The maximum atomic E-state index is 13.6. The Balaban J connectivity index is 2.27. The number of benzene rings is 1. The van der Waals surface area contributed by atoms with Crippen LogP contribution in [0.2, 0.25) is 5.02 Å². The highest BCUT2D eigenvalue weighted by Crippen LogP contribution is 2.24. The molecule has 0 saturated carbocycles. The van der Waals surface area contributed by atoms with E-state index in [4.69, 9.17) is 11.6 Å². The number of carbonyl (C=O) groups excluding carboxylic acids is 1. The minimum atomic E-state index is -0.426. The molecule has 0 aliphatic carbocycles. The second-order valence-corrected chi connectivity index (χ2v) is 5.25. The average molecular weight is 283 g/mol. The predicted molar refractivity (Wildman–Crippen MR) is 73.1 cm³/mol. The van der Waals surface area contributed by atoms with Gasteiger partial charge in [-0.3, -0.25) is 4.79 Å². The first-order valence-electron chi connectivity index (χ1n) is 5.66. The van der Waals surface area contributed by atoms with Gasteiger partial charge in [-0.1, -0.05) is 24.6 Å². The van der Waals surface area contributed by atoms with Gasteiger partial charge in [0, 0.05) is 17.0 Å². The van der Waals surface area contributed by atoms with Gasteiger partial charge >= 0.3 is 0 Å². The van der Waals surface area contributed by atoms with E-state index in [1.165, 1.54) is 23.5 Å². The number of aryl methyl sites for hydroxylation is 1. The monoisotopic (exact) mass is 282 g/mol. The van der Waals surface area contributed by atoms with Gasteiger partial charge in [-0.05, 0) is 35.6 Å². The summed E-state index contributed by atoms with van der Waals surface area (Å²) < 4.78 is 13.6. The first kappa shape index (κ1) is 13.2. The van der Waals surface area contributed by atoms with Gasteiger partial charge < -0.3 is 0 Å². The Morgan fingerprint density at radius 2 is 2.17 bits per heavy atom. The highest BCUT2D eigenvalue weighted by atomic mass is 35.5. The molecule has 1 aromatic carbocycles. The Hall–Kier alpha value is -1.19. The molecule has 0 radical (unpaired) electrons. The number of hydrogen-bond donors (Lipinski definition) is 0. The van der Waals surface area contributed by atoms with E-state index in [0.717, 1.165) is 12.0 Å². The van der Waals surface area contributed by atoms with Gasteiger partial charge in [-0.2, -0.15) is 0 Å². The summed E-state index contributed by atoms with van der Waals surface area (Å²) in [6.45, 7) is 1.99. The molecule has 0 atom stereocenters. The van der Waals surface area contributed by atoms with Crippen molar-refractivity contribution in [3.8, 4) is 0 Å². The summed E-state index contributed by atoms with van der Waals surface area (Å²) in [5, 5.41) is 2.19. The van der Waals surface area contributed by atoms with Gasteiger partial charge in [0.25, 0.3) is 0 Å². The van der Waals surface area contributed by atoms with Crippen LogP contribution in [0.3, 0.4) is 0 Å². The standard InChI is InChI=1S/C14H12ClFOS/c1-2-9-6-7-18-14(9)13(17)8-10-11(15)4-3-5-12(10)16/h3-7H,2,8H2,1H3. The van der Waals surface area contributed by atoms with Crippen molar-refractivity contribution >= 4 is 28.7 Å². The third-order valence-corrected chi connectivity index (χ3v) is 4.13. The second-order valence-electron chi connectivity index (χ2n) is 3.93. The van der Waals surface area contributed by atoms with Crippen LogP contribution in [0.15, 0.2) is 29.6 Å². The van der Waals surface area contributed by atoms with E-state index in [2.05, 4.69) is 0 Å². The molecule has 0 unspecified atom stereocenters. The summed E-state index contributed by atoms with van der Waals surface area (Å²) in [5.41, 5.74) is 1.29. The van der Waals surface area contributed by atoms with Crippen LogP contribution in [0.25, 0.3) is 0 Å². The Bertz CT molecular complexity index is 557. The van der Waals surface area contributed by atoms with E-state index >= 15 is 0 Å². The van der Waals surface area contributed by atoms with Gasteiger partial charge in [-0.25, -0.2) is 4.39 Å². The van der Waals surface area contributed by atoms with Crippen LogP contribution in [-0.2, 0) is 12.8 Å².